The number of likely N-dealkylation sites (tertiary alicyclic amines) is 2. The molecule has 1 aliphatic carbocycles. The summed E-state index contributed by atoms with van der Waals surface area (Å²) >= 11 is 0. The molecule has 290 valence electrons. The number of aliphatic hydroxyl groups is 2. The maximum Gasteiger partial charge on any atom is 0.303 e. The average Bonchev–Trinajstić information content (AvgIpc) is 3.50. The van der Waals surface area contributed by atoms with Gasteiger partial charge in [0, 0.05) is 31.3 Å². The molecule has 0 saturated carbocycles. The predicted molar refractivity (Wildman–Crippen MR) is 199 cm³/mol. The number of rotatable bonds is 21. The smallest absolute Gasteiger partial charge is 0.303 e. The maximum atomic E-state index is 11.8. The van der Waals surface area contributed by atoms with Gasteiger partial charge in [-0.2, -0.15) is 0 Å². The number of hydrogen-bond donors (Lipinski definition) is 4. The van der Waals surface area contributed by atoms with Gasteiger partial charge >= 0.3 is 11.9 Å². The molecule has 2 aromatic rings. The van der Waals surface area contributed by atoms with Crippen molar-refractivity contribution in [1.82, 2.24) is 9.80 Å². The van der Waals surface area contributed by atoms with Crippen LogP contribution < -0.4 is 9.47 Å². The Morgan fingerprint density at radius 1 is 0.811 bits per heavy atom. The molecule has 0 bridgehead atoms. The van der Waals surface area contributed by atoms with E-state index >= 15 is 0 Å². The zero-order valence-electron chi connectivity index (χ0n) is 31.1. The van der Waals surface area contributed by atoms with Gasteiger partial charge in [-0.1, -0.05) is 57.0 Å². The second-order valence-corrected chi connectivity index (χ2v) is 14.8. The average molecular weight is 737 g/mol. The van der Waals surface area contributed by atoms with Gasteiger partial charge in [0.05, 0.1) is 37.6 Å². The lowest BCUT2D eigenvalue weighted by molar-refractivity contribution is -0.148. The number of fused-ring (bicyclic) bond motifs is 1. The summed E-state index contributed by atoms with van der Waals surface area (Å²) in [6, 6.07) is 13.7. The number of carbonyl (C=O) groups is 4. The van der Waals surface area contributed by atoms with Crippen molar-refractivity contribution in [3.8, 4) is 11.5 Å². The number of allylic oxidation sites excluding steroid dienone is 1. The molecule has 1 unspecified atom stereocenters. The minimum absolute atomic E-state index is 0.0741. The lowest BCUT2D eigenvalue weighted by atomic mass is 9.86. The number of aliphatic hydroxyl groups excluding tert-OH is 2. The van der Waals surface area contributed by atoms with Gasteiger partial charge < -0.3 is 39.7 Å². The van der Waals surface area contributed by atoms with E-state index in [4.69, 9.17) is 19.7 Å². The fourth-order valence-corrected chi connectivity index (χ4v) is 6.63. The Morgan fingerprint density at radius 3 is 2.06 bits per heavy atom. The minimum atomic E-state index is -0.783. The number of aliphatic carboxylic acids is 2. The summed E-state index contributed by atoms with van der Waals surface area (Å²) in [6.07, 6.45) is 11.2. The van der Waals surface area contributed by atoms with Crippen molar-refractivity contribution in [3.05, 3.63) is 71.3 Å². The molecule has 4 N–H and O–H groups in total. The Kier molecular flexibility index (Phi) is 15.7. The Balaban J connectivity index is 0.000000237. The predicted octanol–water partition coefficient (Wildman–Crippen LogP) is 5.43. The van der Waals surface area contributed by atoms with E-state index < -0.39 is 11.9 Å². The van der Waals surface area contributed by atoms with E-state index in [1.807, 2.05) is 73.4 Å². The van der Waals surface area contributed by atoms with Crippen molar-refractivity contribution in [3.63, 3.8) is 0 Å². The second-order valence-electron chi connectivity index (χ2n) is 14.8. The van der Waals surface area contributed by atoms with Crippen molar-refractivity contribution in [2.24, 2.45) is 0 Å². The Labute approximate surface area is 312 Å². The van der Waals surface area contributed by atoms with Crippen molar-refractivity contribution >= 4 is 23.8 Å². The maximum absolute atomic E-state index is 11.8. The van der Waals surface area contributed by atoms with Crippen LogP contribution in [0.5, 0.6) is 11.5 Å². The number of carboxylic acid groups (broad SMARTS) is 2. The molecule has 2 amide bonds. The number of ether oxygens (including phenoxy) is 2. The molecule has 2 aliphatic heterocycles. The van der Waals surface area contributed by atoms with Gasteiger partial charge in [-0.25, -0.2) is 0 Å². The first-order valence-corrected chi connectivity index (χ1v) is 18.8. The summed E-state index contributed by atoms with van der Waals surface area (Å²) in [5.41, 5.74) is 2.91. The summed E-state index contributed by atoms with van der Waals surface area (Å²) in [6.45, 7) is 6.25. The summed E-state index contributed by atoms with van der Waals surface area (Å²) in [5, 5.41) is 36.5. The van der Waals surface area contributed by atoms with Crippen molar-refractivity contribution in [1.29, 1.82) is 0 Å². The molecular weight excluding hydrogens is 680 g/mol. The molecule has 0 radical (unpaired) electrons. The van der Waals surface area contributed by atoms with E-state index in [0.717, 1.165) is 60.3 Å². The van der Waals surface area contributed by atoms with Gasteiger partial charge in [-0.15, -0.1) is 0 Å². The molecule has 12 heteroatoms. The fourth-order valence-electron chi connectivity index (χ4n) is 6.63. The van der Waals surface area contributed by atoms with Crippen LogP contribution in [0.15, 0.2) is 54.6 Å². The third-order valence-corrected chi connectivity index (χ3v) is 10.2. The second kappa shape index (κ2) is 20.1. The molecule has 0 aromatic heterocycles. The van der Waals surface area contributed by atoms with Crippen LogP contribution >= 0.6 is 0 Å². The number of carboxylic acids is 2. The number of benzene rings is 2. The largest absolute Gasteiger partial charge is 0.491 e. The standard InChI is InChI=1S/C21H31NO5.C20H25NO5/c1-21(2,15-23)16-8-10-18(11-9-16)27-14-17-13-19(24)22(17)12-6-4-3-5-7-20(25)26;22-18-9-6-14-11-16(7-8-17(14)18)26-13-15-12-19(23)21(15)10-4-2-1-3-5-20(24)25/h8-11,17,23H,3-7,12-15H2,1-2H3,(H,25,26);2,4,7-8,11,15,18,22H,1,3,5-6,9-10,12-13H2,(H,24,25)/b;4-2-/t17-;15-,18?/m11/s1. The van der Waals surface area contributed by atoms with E-state index in [0.29, 0.717) is 58.4 Å². The topological polar surface area (TPSA) is 174 Å². The molecule has 0 spiro atoms. The summed E-state index contributed by atoms with van der Waals surface area (Å²) < 4.78 is 11.7. The zero-order valence-corrected chi connectivity index (χ0v) is 31.1. The first-order chi connectivity index (χ1) is 25.4. The molecular formula is C41H56N2O10. The normalized spacial score (nSPS) is 19.3. The van der Waals surface area contributed by atoms with Crippen LogP contribution in [0.1, 0.15) is 107 Å². The highest BCUT2D eigenvalue weighted by molar-refractivity contribution is 5.83. The Morgan fingerprint density at radius 2 is 1.42 bits per heavy atom. The molecule has 2 saturated heterocycles. The third kappa shape index (κ3) is 12.6. The van der Waals surface area contributed by atoms with Crippen molar-refractivity contribution in [2.75, 3.05) is 32.9 Å². The zero-order chi connectivity index (χ0) is 38.4. The van der Waals surface area contributed by atoms with Crippen LogP contribution in [0.25, 0.3) is 0 Å². The number of aryl methyl sites for hydroxylation is 1. The lowest BCUT2D eigenvalue weighted by Gasteiger charge is -2.40. The van der Waals surface area contributed by atoms with Crippen LogP contribution in [-0.2, 0) is 31.0 Å². The SMILES string of the molecule is CC(C)(CO)c1ccc(OC[C@H]2CC(=O)N2CCCCCCC(=O)O)cc1.O=C(O)CCC/C=C\CN1C(=O)C[C@@H]1COc1ccc2c(c1)CCC2O. The molecule has 2 heterocycles. The molecule has 2 aromatic carbocycles. The number of carbonyl (C=O) groups excluding carboxylic acids is 2. The quantitative estimate of drug-likeness (QED) is 0.0736. The highest BCUT2D eigenvalue weighted by Crippen LogP contribution is 2.34. The molecule has 53 heavy (non-hydrogen) atoms. The third-order valence-electron chi connectivity index (χ3n) is 10.2. The minimum Gasteiger partial charge on any atom is -0.491 e. The first kappa shape index (κ1) is 41.3. The number of β-lactam (4-membered cyclic amide) rings is 2. The van der Waals surface area contributed by atoms with Gasteiger partial charge in [0.25, 0.3) is 0 Å². The van der Waals surface area contributed by atoms with Gasteiger partial charge in [0.2, 0.25) is 11.8 Å². The van der Waals surface area contributed by atoms with Crippen LogP contribution in [0.2, 0.25) is 0 Å². The van der Waals surface area contributed by atoms with Crippen LogP contribution in [0.3, 0.4) is 0 Å². The molecule has 2 fully saturated rings. The monoisotopic (exact) mass is 736 g/mol. The summed E-state index contributed by atoms with van der Waals surface area (Å²) in [5.74, 6) is 0.287. The molecule has 3 aliphatic rings. The van der Waals surface area contributed by atoms with Crippen LogP contribution in [-0.4, -0.2) is 99.0 Å². The van der Waals surface area contributed by atoms with E-state index in [2.05, 4.69) is 0 Å². The highest BCUT2D eigenvalue weighted by Gasteiger charge is 2.36. The van der Waals surface area contributed by atoms with Gasteiger partial charge in [0.15, 0.2) is 0 Å². The summed E-state index contributed by atoms with van der Waals surface area (Å²) in [7, 11) is 0. The van der Waals surface area contributed by atoms with Gasteiger partial charge in [0.1, 0.15) is 24.7 Å². The number of hydrogen-bond acceptors (Lipinski definition) is 8. The fraction of sp³-hybridized carbons (Fsp3) is 0.561. The van der Waals surface area contributed by atoms with Crippen LogP contribution in [0, 0.1) is 0 Å². The van der Waals surface area contributed by atoms with Crippen molar-refractivity contribution < 1.29 is 49.1 Å². The van der Waals surface area contributed by atoms with E-state index in [9.17, 15) is 29.4 Å². The Bertz CT molecular complexity index is 1560. The number of unbranched alkanes of at least 4 members (excludes halogenated alkanes) is 4. The van der Waals surface area contributed by atoms with E-state index in [1.165, 1.54) is 0 Å². The number of amides is 2. The van der Waals surface area contributed by atoms with Crippen LogP contribution in [0.4, 0.5) is 0 Å². The lowest BCUT2D eigenvalue weighted by Crippen LogP contribution is -2.55. The highest BCUT2D eigenvalue weighted by atomic mass is 16.5. The van der Waals surface area contributed by atoms with Gasteiger partial charge in [-0.05, 0) is 79.5 Å². The molecule has 5 rings (SSSR count). The molecule has 3 atom stereocenters. The first-order valence-electron chi connectivity index (χ1n) is 18.8. The van der Waals surface area contributed by atoms with Gasteiger partial charge in [-0.3, -0.25) is 19.2 Å². The van der Waals surface area contributed by atoms with Crippen molar-refractivity contribution in [2.45, 2.75) is 114 Å². The Hall–Kier alpha value is -4.42. The van der Waals surface area contributed by atoms with E-state index in [-0.39, 0.29) is 54.9 Å². The van der Waals surface area contributed by atoms with E-state index in [1.54, 1.807) is 4.90 Å². The summed E-state index contributed by atoms with van der Waals surface area (Å²) in [4.78, 5) is 48.2. The molecule has 12 nitrogen and oxygen atoms in total. The number of nitrogens with zero attached hydrogens (tertiary/aromatic N) is 2.